The lowest BCUT2D eigenvalue weighted by Gasteiger charge is -2.14. The lowest BCUT2D eigenvalue weighted by atomic mass is 10.2. The summed E-state index contributed by atoms with van der Waals surface area (Å²) < 4.78 is 10.9. The van der Waals surface area contributed by atoms with Crippen LogP contribution in [0.15, 0.2) is 47.4 Å². The Hall–Kier alpha value is -2.84. The van der Waals surface area contributed by atoms with Crippen LogP contribution in [-0.4, -0.2) is 41.8 Å². The highest BCUT2D eigenvalue weighted by Crippen LogP contribution is 2.34. The zero-order chi connectivity index (χ0) is 21.0. The zero-order valence-electron chi connectivity index (χ0n) is 16.2. The maximum atomic E-state index is 12.8. The predicted molar refractivity (Wildman–Crippen MR) is 119 cm³/mol. The van der Waals surface area contributed by atoms with E-state index in [1.165, 1.54) is 16.7 Å². The third-order valence-corrected chi connectivity index (χ3v) is 5.56. The molecule has 2 aromatic carbocycles. The van der Waals surface area contributed by atoms with E-state index in [0.717, 1.165) is 11.1 Å². The Bertz CT molecular complexity index is 1000. The highest BCUT2D eigenvalue weighted by atomic mass is 32.2. The van der Waals surface area contributed by atoms with E-state index in [9.17, 15) is 9.59 Å². The maximum absolute atomic E-state index is 12.8. The molecule has 0 aromatic heterocycles. The van der Waals surface area contributed by atoms with Crippen LogP contribution >= 0.6 is 24.0 Å². The summed E-state index contributed by atoms with van der Waals surface area (Å²) in [6.07, 6.45) is 1.72. The number of nitrogens with one attached hydrogen (secondary N) is 1. The van der Waals surface area contributed by atoms with Gasteiger partial charge in [-0.25, -0.2) is 0 Å². The van der Waals surface area contributed by atoms with E-state index >= 15 is 0 Å². The average Bonchev–Trinajstić information content (AvgIpc) is 2.95. The standard InChI is InChI=1S/C21H20N2O4S2/c1-13-5-4-6-15(9-13)22-19(24)12-23-20(25)18(29-21(23)28)11-14-7-8-16(26-2)17(10-14)27-3/h4-11H,12H2,1-3H3,(H,22,24)/b18-11+. The molecule has 3 rings (SSSR count). The minimum atomic E-state index is -0.306. The molecule has 1 fully saturated rings. The van der Waals surface area contributed by atoms with Crippen molar-refractivity contribution in [3.63, 3.8) is 0 Å². The number of amides is 2. The second kappa shape index (κ2) is 9.11. The first-order chi connectivity index (χ1) is 13.9. The number of anilines is 1. The number of carbonyl (C=O) groups is 2. The second-order valence-corrected chi connectivity index (χ2v) is 7.98. The Balaban J connectivity index is 1.72. The molecule has 6 nitrogen and oxygen atoms in total. The zero-order valence-corrected chi connectivity index (χ0v) is 17.9. The van der Waals surface area contributed by atoms with E-state index in [2.05, 4.69) is 5.32 Å². The average molecular weight is 429 g/mol. The molecule has 29 heavy (non-hydrogen) atoms. The fourth-order valence-corrected chi connectivity index (χ4v) is 4.05. The van der Waals surface area contributed by atoms with E-state index in [4.69, 9.17) is 21.7 Å². The number of thioether (sulfide) groups is 1. The van der Waals surface area contributed by atoms with Crippen molar-refractivity contribution in [3.8, 4) is 11.5 Å². The van der Waals surface area contributed by atoms with Crippen LogP contribution in [0.2, 0.25) is 0 Å². The Kier molecular flexibility index (Phi) is 6.56. The molecule has 0 atom stereocenters. The van der Waals surface area contributed by atoms with Crippen LogP contribution in [0.4, 0.5) is 5.69 Å². The van der Waals surface area contributed by atoms with E-state index in [0.29, 0.717) is 26.4 Å². The molecule has 1 heterocycles. The van der Waals surface area contributed by atoms with Crippen molar-refractivity contribution in [1.29, 1.82) is 0 Å². The van der Waals surface area contributed by atoms with E-state index in [-0.39, 0.29) is 18.4 Å². The topological polar surface area (TPSA) is 67.9 Å². The number of carbonyl (C=O) groups excluding carboxylic acids is 2. The monoisotopic (exact) mass is 428 g/mol. The molecule has 150 valence electrons. The molecule has 8 heteroatoms. The molecule has 1 saturated heterocycles. The van der Waals surface area contributed by atoms with Crippen LogP contribution < -0.4 is 14.8 Å². The van der Waals surface area contributed by atoms with Gasteiger partial charge in [0, 0.05) is 5.69 Å². The summed E-state index contributed by atoms with van der Waals surface area (Å²) in [4.78, 5) is 26.9. The summed E-state index contributed by atoms with van der Waals surface area (Å²) in [6.45, 7) is 1.80. The summed E-state index contributed by atoms with van der Waals surface area (Å²) in [6, 6.07) is 12.8. The van der Waals surface area contributed by atoms with Gasteiger partial charge >= 0.3 is 0 Å². The SMILES string of the molecule is COc1ccc(/C=C2/SC(=S)N(CC(=O)Nc3cccc(C)c3)C2=O)cc1OC. The molecular formula is C21H20N2O4S2. The third-order valence-electron chi connectivity index (χ3n) is 4.18. The summed E-state index contributed by atoms with van der Waals surface area (Å²) >= 11 is 6.47. The van der Waals surface area contributed by atoms with Crippen molar-refractivity contribution < 1.29 is 19.1 Å². The number of hydrogen-bond donors (Lipinski definition) is 1. The Morgan fingerprint density at radius 1 is 1.17 bits per heavy atom. The third kappa shape index (κ3) is 4.96. The van der Waals surface area contributed by atoms with Crippen molar-refractivity contribution >= 4 is 51.9 Å². The first kappa shape index (κ1) is 20.9. The Labute approximate surface area is 178 Å². The molecule has 2 amide bonds. The van der Waals surface area contributed by atoms with Gasteiger partial charge in [-0.05, 0) is 48.4 Å². The normalized spacial score (nSPS) is 15.0. The smallest absolute Gasteiger partial charge is 0.266 e. The van der Waals surface area contributed by atoms with Crippen molar-refractivity contribution in [3.05, 3.63) is 58.5 Å². The van der Waals surface area contributed by atoms with Crippen LogP contribution in [0.3, 0.4) is 0 Å². The maximum Gasteiger partial charge on any atom is 0.266 e. The fourth-order valence-electron chi connectivity index (χ4n) is 2.80. The van der Waals surface area contributed by atoms with Crippen molar-refractivity contribution in [1.82, 2.24) is 4.90 Å². The van der Waals surface area contributed by atoms with E-state index < -0.39 is 0 Å². The van der Waals surface area contributed by atoms with Crippen LogP contribution in [0.5, 0.6) is 11.5 Å². The number of thiocarbonyl (C=S) groups is 1. The van der Waals surface area contributed by atoms with Crippen molar-refractivity contribution in [2.24, 2.45) is 0 Å². The summed E-state index contributed by atoms with van der Waals surface area (Å²) in [5.74, 6) is 0.563. The first-order valence-corrected chi connectivity index (χ1v) is 9.97. The predicted octanol–water partition coefficient (Wildman–Crippen LogP) is 3.85. The number of methoxy groups -OCH3 is 2. The van der Waals surface area contributed by atoms with Crippen LogP contribution in [0, 0.1) is 6.92 Å². The fraction of sp³-hybridized carbons (Fsp3) is 0.190. The van der Waals surface area contributed by atoms with E-state index in [1.807, 2.05) is 31.2 Å². The number of nitrogens with zero attached hydrogens (tertiary/aromatic N) is 1. The summed E-state index contributed by atoms with van der Waals surface area (Å²) in [5.41, 5.74) is 2.49. The quantitative estimate of drug-likeness (QED) is 0.557. The van der Waals surface area contributed by atoms with Gasteiger partial charge in [0.2, 0.25) is 5.91 Å². The summed E-state index contributed by atoms with van der Waals surface area (Å²) in [7, 11) is 3.11. The Morgan fingerprint density at radius 2 is 1.93 bits per heavy atom. The van der Waals surface area contributed by atoms with Crippen LogP contribution in [-0.2, 0) is 9.59 Å². The van der Waals surface area contributed by atoms with Crippen LogP contribution in [0.1, 0.15) is 11.1 Å². The molecule has 1 aliphatic heterocycles. The molecule has 0 aliphatic carbocycles. The van der Waals surface area contributed by atoms with Gasteiger partial charge in [-0.3, -0.25) is 14.5 Å². The van der Waals surface area contributed by atoms with Crippen molar-refractivity contribution in [2.75, 3.05) is 26.1 Å². The molecule has 0 unspecified atom stereocenters. The molecule has 0 spiro atoms. The van der Waals surface area contributed by atoms with Gasteiger partial charge in [0.25, 0.3) is 5.91 Å². The van der Waals surface area contributed by atoms with Gasteiger partial charge in [0.15, 0.2) is 11.5 Å². The molecule has 0 radical (unpaired) electrons. The largest absolute Gasteiger partial charge is 0.493 e. The van der Waals surface area contributed by atoms with Crippen molar-refractivity contribution in [2.45, 2.75) is 6.92 Å². The highest BCUT2D eigenvalue weighted by Gasteiger charge is 2.33. The van der Waals surface area contributed by atoms with Gasteiger partial charge in [0.05, 0.1) is 19.1 Å². The Morgan fingerprint density at radius 3 is 2.62 bits per heavy atom. The first-order valence-electron chi connectivity index (χ1n) is 8.75. The van der Waals surface area contributed by atoms with Gasteiger partial charge < -0.3 is 14.8 Å². The molecule has 2 aromatic rings. The number of benzene rings is 2. The molecule has 0 saturated carbocycles. The number of aryl methyl sites for hydroxylation is 1. The summed E-state index contributed by atoms with van der Waals surface area (Å²) in [5, 5.41) is 2.79. The molecule has 0 bridgehead atoms. The van der Waals surface area contributed by atoms with E-state index in [1.54, 1.807) is 38.5 Å². The number of hydrogen-bond acceptors (Lipinski definition) is 6. The minimum absolute atomic E-state index is 0.137. The van der Waals surface area contributed by atoms with Crippen LogP contribution in [0.25, 0.3) is 6.08 Å². The van der Waals surface area contributed by atoms with Gasteiger partial charge in [-0.15, -0.1) is 0 Å². The lowest BCUT2D eigenvalue weighted by Crippen LogP contribution is -2.36. The lowest BCUT2D eigenvalue weighted by molar-refractivity contribution is -0.126. The minimum Gasteiger partial charge on any atom is -0.493 e. The number of ether oxygens (including phenoxy) is 2. The second-order valence-electron chi connectivity index (χ2n) is 6.30. The van der Waals surface area contributed by atoms with Gasteiger partial charge in [0.1, 0.15) is 10.9 Å². The molecule has 1 aliphatic rings. The highest BCUT2D eigenvalue weighted by molar-refractivity contribution is 8.26. The van der Waals surface area contributed by atoms with Gasteiger partial charge in [-0.1, -0.05) is 42.2 Å². The number of rotatable bonds is 6. The molecule has 1 N–H and O–H groups in total. The molecular weight excluding hydrogens is 408 g/mol. The van der Waals surface area contributed by atoms with Gasteiger partial charge in [-0.2, -0.15) is 0 Å².